The molecule has 3 aromatic carbocycles. The van der Waals surface area contributed by atoms with Gasteiger partial charge in [0.2, 0.25) is 5.95 Å². The van der Waals surface area contributed by atoms with Crippen molar-refractivity contribution in [1.29, 1.82) is 0 Å². The summed E-state index contributed by atoms with van der Waals surface area (Å²) >= 11 is 0. The summed E-state index contributed by atoms with van der Waals surface area (Å²) in [6.07, 6.45) is 0. The fourth-order valence-electron chi connectivity index (χ4n) is 4.25. The van der Waals surface area contributed by atoms with E-state index in [9.17, 15) is 18.4 Å². The predicted molar refractivity (Wildman–Crippen MR) is 133 cm³/mol. The van der Waals surface area contributed by atoms with Crippen molar-refractivity contribution in [3.63, 3.8) is 0 Å². The van der Waals surface area contributed by atoms with E-state index in [0.29, 0.717) is 54.4 Å². The normalized spacial score (nSPS) is 14.6. The molecular formula is C27H24F2N4O3. The number of carbonyl (C=O) groups excluding carboxylic acids is 1. The highest BCUT2D eigenvalue weighted by Crippen LogP contribution is 2.22. The van der Waals surface area contributed by atoms with Crippen molar-refractivity contribution in [3.8, 4) is 5.69 Å². The molecule has 1 fully saturated rings. The van der Waals surface area contributed by atoms with Crippen molar-refractivity contribution in [2.24, 2.45) is 0 Å². The Bertz CT molecular complexity index is 1480. The zero-order chi connectivity index (χ0) is 25.2. The number of benzene rings is 3. The van der Waals surface area contributed by atoms with E-state index < -0.39 is 5.82 Å². The second-order valence-corrected chi connectivity index (χ2v) is 8.61. The smallest absolute Gasteiger partial charge is 0.267 e. The molecule has 0 aliphatic carbocycles. The molecule has 1 aliphatic heterocycles. The molecule has 1 aromatic heterocycles. The van der Waals surface area contributed by atoms with E-state index in [2.05, 4.69) is 5.32 Å². The summed E-state index contributed by atoms with van der Waals surface area (Å²) in [7, 11) is 0. The van der Waals surface area contributed by atoms with Crippen LogP contribution in [0.3, 0.4) is 0 Å². The lowest BCUT2D eigenvalue weighted by molar-refractivity contribution is 0.0940. The summed E-state index contributed by atoms with van der Waals surface area (Å²) in [4.78, 5) is 33.2. The SMILES string of the molecule is CC(NC(=O)c1ccc2c(=O)n(-c3cccc(F)c3)c(N3CCOCC3)nc2c1)c1ccc(F)cc1. The largest absolute Gasteiger partial charge is 0.378 e. The van der Waals surface area contributed by atoms with Crippen molar-refractivity contribution in [3.05, 3.63) is 99.8 Å². The number of amides is 1. The minimum atomic E-state index is -0.463. The van der Waals surface area contributed by atoms with E-state index in [1.807, 2.05) is 4.90 Å². The monoisotopic (exact) mass is 490 g/mol. The first kappa shape index (κ1) is 23.6. The topological polar surface area (TPSA) is 76.5 Å². The summed E-state index contributed by atoms with van der Waals surface area (Å²) in [6, 6.07) is 16.0. The highest BCUT2D eigenvalue weighted by Gasteiger charge is 2.22. The summed E-state index contributed by atoms with van der Waals surface area (Å²) in [6.45, 7) is 3.78. The van der Waals surface area contributed by atoms with Gasteiger partial charge in [-0.25, -0.2) is 18.3 Å². The Morgan fingerprint density at radius 3 is 2.47 bits per heavy atom. The zero-order valence-electron chi connectivity index (χ0n) is 19.6. The van der Waals surface area contributed by atoms with Gasteiger partial charge >= 0.3 is 0 Å². The number of anilines is 1. The van der Waals surface area contributed by atoms with Crippen LogP contribution < -0.4 is 15.8 Å². The van der Waals surface area contributed by atoms with Crippen molar-refractivity contribution in [2.45, 2.75) is 13.0 Å². The quantitative estimate of drug-likeness (QED) is 0.458. The average molecular weight is 491 g/mol. The maximum Gasteiger partial charge on any atom is 0.267 e. The number of hydrogen-bond donors (Lipinski definition) is 1. The molecule has 184 valence electrons. The molecule has 5 rings (SSSR count). The lowest BCUT2D eigenvalue weighted by atomic mass is 10.1. The summed E-state index contributed by atoms with van der Waals surface area (Å²) in [5.41, 5.74) is 1.46. The van der Waals surface area contributed by atoms with Crippen LogP contribution in [0, 0.1) is 11.6 Å². The highest BCUT2D eigenvalue weighted by atomic mass is 19.1. The molecule has 2 heterocycles. The minimum absolute atomic E-state index is 0.305. The molecule has 1 unspecified atom stereocenters. The average Bonchev–Trinajstić information content (AvgIpc) is 2.89. The highest BCUT2D eigenvalue weighted by molar-refractivity contribution is 5.98. The lowest BCUT2D eigenvalue weighted by Crippen LogP contribution is -2.40. The van der Waals surface area contributed by atoms with Crippen LogP contribution in [-0.4, -0.2) is 41.8 Å². The Labute approximate surface area is 206 Å². The van der Waals surface area contributed by atoms with Gasteiger partial charge in [0.1, 0.15) is 11.6 Å². The minimum Gasteiger partial charge on any atom is -0.378 e. The van der Waals surface area contributed by atoms with Gasteiger partial charge in [0.25, 0.3) is 11.5 Å². The number of rotatable bonds is 5. The van der Waals surface area contributed by atoms with Crippen LogP contribution in [0.15, 0.2) is 71.5 Å². The van der Waals surface area contributed by atoms with Crippen LogP contribution in [0.25, 0.3) is 16.6 Å². The Morgan fingerprint density at radius 2 is 1.75 bits per heavy atom. The van der Waals surface area contributed by atoms with Crippen molar-refractivity contribution >= 4 is 22.8 Å². The van der Waals surface area contributed by atoms with Crippen LogP contribution in [0.1, 0.15) is 28.9 Å². The Balaban J connectivity index is 1.55. The maximum atomic E-state index is 14.0. The van der Waals surface area contributed by atoms with Gasteiger partial charge in [0, 0.05) is 18.7 Å². The first-order chi connectivity index (χ1) is 17.4. The maximum absolute atomic E-state index is 14.0. The second kappa shape index (κ2) is 9.87. The van der Waals surface area contributed by atoms with Gasteiger partial charge < -0.3 is 15.0 Å². The van der Waals surface area contributed by atoms with Crippen LogP contribution in [0.5, 0.6) is 0 Å². The zero-order valence-corrected chi connectivity index (χ0v) is 19.6. The molecular weight excluding hydrogens is 466 g/mol. The summed E-state index contributed by atoms with van der Waals surface area (Å²) in [5.74, 6) is -0.802. The molecule has 4 aromatic rings. The third kappa shape index (κ3) is 4.70. The molecule has 0 saturated carbocycles. The Hall–Kier alpha value is -4.11. The van der Waals surface area contributed by atoms with E-state index in [-0.39, 0.29) is 23.3 Å². The molecule has 0 radical (unpaired) electrons. The number of halogens is 2. The summed E-state index contributed by atoms with van der Waals surface area (Å²) in [5, 5.41) is 3.20. The molecule has 7 nitrogen and oxygen atoms in total. The first-order valence-electron chi connectivity index (χ1n) is 11.6. The predicted octanol–water partition coefficient (Wildman–Crippen LogP) is 3.99. The van der Waals surface area contributed by atoms with E-state index >= 15 is 0 Å². The fourth-order valence-corrected chi connectivity index (χ4v) is 4.25. The van der Waals surface area contributed by atoms with Crippen LogP contribution in [0.4, 0.5) is 14.7 Å². The second-order valence-electron chi connectivity index (χ2n) is 8.61. The van der Waals surface area contributed by atoms with Gasteiger partial charge in [-0.1, -0.05) is 18.2 Å². The third-order valence-electron chi connectivity index (χ3n) is 6.19. The van der Waals surface area contributed by atoms with E-state index in [1.54, 1.807) is 49.4 Å². The van der Waals surface area contributed by atoms with Crippen LogP contribution >= 0.6 is 0 Å². The number of ether oxygens (including phenoxy) is 1. The molecule has 0 spiro atoms. The van der Waals surface area contributed by atoms with Crippen molar-refractivity contribution in [2.75, 3.05) is 31.2 Å². The molecule has 1 saturated heterocycles. The molecule has 1 N–H and O–H groups in total. The number of nitrogens with one attached hydrogen (secondary N) is 1. The standard InChI is InChI=1S/C27H24F2N4O3/c1-17(18-5-8-20(28)9-6-18)30-25(34)19-7-10-23-24(15-19)31-27(32-11-13-36-14-12-32)33(26(23)35)22-4-2-3-21(29)16-22/h2-10,15-17H,11-14H2,1H3,(H,30,34). The van der Waals surface area contributed by atoms with Crippen LogP contribution in [-0.2, 0) is 4.74 Å². The van der Waals surface area contributed by atoms with Gasteiger partial charge in [-0.3, -0.25) is 9.59 Å². The molecule has 1 amide bonds. The lowest BCUT2D eigenvalue weighted by Gasteiger charge is -2.30. The van der Waals surface area contributed by atoms with Crippen LogP contribution in [0.2, 0.25) is 0 Å². The fraction of sp³-hybridized carbons (Fsp3) is 0.222. The summed E-state index contributed by atoms with van der Waals surface area (Å²) < 4.78 is 34.1. The first-order valence-corrected chi connectivity index (χ1v) is 11.6. The van der Waals surface area contributed by atoms with Crippen molar-refractivity contribution < 1.29 is 18.3 Å². The number of aromatic nitrogens is 2. The molecule has 0 bridgehead atoms. The molecule has 9 heteroatoms. The number of nitrogens with zero attached hydrogens (tertiary/aromatic N) is 3. The molecule has 1 atom stereocenters. The van der Waals surface area contributed by atoms with Gasteiger partial charge in [0.15, 0.2) is 0 Å². The molecule has 36 heavy (non-hydrogen) atoms. The van der Waals surface area contributed by atoms with Crippen molar-refractivity contribution in [1.82, 2.24) is 14.9 Å². The number of fused-ring (bicyclic) bond motifs is 1. The number of carbonyl (C=O) groups is 1. The van der Waals surface area contributed by atoms with E-state index in [1.165, 1.54) is 28.8 Å². The van der Waals surface area contributed by atoms with E-state index in [4.69, 9.17) is 9.72 Å². The van der Waals surface area contributed by atoms with E-state index in [0.717, 1.165) is 5.56 Å². The Morgan fingerprint density at radius 1 is 1.00 bits per heavy atom. The Kier molecular flexibility index (Phi) is 6.47. The number of morpholine rings is 1. The van der Waals surface area contributed by atoms with Gasteiger partial charge in [-0.15, -0.1) is 0 Å². The third-order valence-corrected chi connectivity index (χ3v) is 6.19. The van der Waals surface area contributed by atoms with Gasteiger partial charge in [-0.2, -0.15) is 0 Å². The number of hydrogen-bond acceptors (Lipinski definition) is 5. The molecule has 1 aliphatic rings. The van der Waals surface area contributed by atoms with Gasteiger partial charge in [0.05, 0.1) is 35.8 Å². The van der Waals surface area contributed by atoms with Gasteiger partial charge in [-0.05, 0) is 61.0 Å².